The Bertz CT molecular complexity index is 728. The molecule has 0 heterocycles. The molecule has 1 atom stereocenters. The van der Waals surface area contributed by atoms with E-state index in [1.807, 2.05) is 51.1 Å². The Labute approximate surface area is 154 Å². The number of rotatable bonds is 8. The Morgan fingerprint density at radius 1 is 1.00 bits per heavy atom. The van der Waals surface area contributed by atoms with Crippen molar-refractivity contribution in [2.45, 2.75) is 26.8 Å². The molecule has 138 valence electrons. The summed E-state index contributed by atoms with van der Waals surface area (Å²) in [5.74, 6) is 0.0978. The molecule has 0 aromatic heterocycles. The largest absolute Gasteiger partial charge is 0.493 e. The first-order valence-corrected chi connectivity index (χ1v) is 8.70. The molecule has 0 saturated heterocycles. The van der Waals surface area contributed by atoms with Crippen molar-refractivity contribution in [1.82, 2.24) is 5.32 Å². The quantitative estimate of drug-likeness (QED) is 0.733. The summed E-state index contributed by atoms with van der Waals surface area (Å²) < 4.78 is 10.7. The van der Waals surface area contributed by atoms with Crippen molar-refractivity contribution in [2.24, 2.45) is 5.92 Å². The summed E-state index contributed by atoms with van der Waals surface area (Å²) in [7, 11) is 0. The van der Waals surface area contributed by atoms with Crippen LogP contribution in [-0.4, -0.2) is 25.1 Å². The van der Waals surface area contributed by atoms with Gasteiger partial charge >= 0.3 is 5.97 Å². The van der Waals surface area contributed by atoms with Gasteiger partial charge in [-0.25, -0.2) is 4.79 Å². The lowest BCUT2D eigenvalue weighted by atomic mass is 10.1. The number of hydrogen-bond donors (Lipinski definition) is 1. The number of ether oxygens (including phenoxy) is 2. The Hall–Kier alpha value is -2.82. The van der Waals surface area contributed by atoms with Gasteiger partial charge in [0.2, 0.25) is 0 Å². The normalized spacial score (nSPS) is 11.7. The van der Waals surface area contributed by atoms with Crippen molar-refractivity contribution >= 4 is 11.9 Å². The summed E-state index contributed by atoms with van der Waals surface area (Å²) in [6.45, 7) is 6.22. The summed E-state index contributed by atoms with van der Waals surface area (Å²) in [5, 5.41) is 2.81. The predicted octanol–water partition coefficient (Wildman–Crippen LogP) is 3.76. The van der Waals surface area contributed by atoms with Gasteiger partial charge in [-0.2, -0.15) is 0 Å². The van der Waals surface area contributed by atoms with Gasteiger partial charge in [0.05, 0.1) is 18.2 Å². The van der Waals surface area contributed by atoms with E-state index < -0.39 is 5.97 Å². The Balaban J connectivity index is 1.84. The SMILES string of the molecule is CC(C)COc1cccc(C(=O)OCC(=O)N[C@@H](C)c2ccccc2)c1. The van der Waals surface area contributed by atoms with Gasteiger partial charge in [0, 0.05) is 0 Å². The van der Waals surface area contributed by atoms with Crippen molar-refractivity contribution in [2.75, 3.05) is 13.2 Å². The van der Waals surface area contributed by atoms with Crippen molar-refractivity contribution in [3.05, 3.63) is 65.7 Å². The molecule has 2 aromatic rings. The molecule has 1 amide bonds. The number of benzene rings is 2. The first-order valence-electron chi connectivity index (χ1n) is 8.70. The maximum absolute atomic E-state index is 12.1. The maximum Gasteiger partial charge on any atom is 0.338 e. The predicted molar refractivity (Wildman–Crippen MR) is 100 cm³/mol. The number of carbonyl (C=O) groups excluding carboxylic acids is 2. The lowest BCUT2D eigenvalue weighted by Gasteiger charge is -2.14. The van der Waals surface area contributed by atoms with E-state index in [9.17, 15) is 9.59 Å². The molecule has 0 aliphatic rings. The van der Waals surface area contributed by atoms with Gasteiger partial charge in [-0.05, 0) is 36.6 Å². The van der Waals surface area contributed by atoms with E-state index in [0.717, 1.165) is 5.56 Å². The zero-order valence-electron chi connectivity index (χ0n) is 15.4. The van der Waals surface area contributed by atoms with Crippen LogP contribution in [0.4, 0.5) is 0 Å². The minimum Gasteiger partial charge on any atom is -0.493 e. The molecule has 5 nitrogen and oxygen atoms in total. The second-order valence-corrected chi connectivity index (χ2v) is 6.51. The molecule has 0 radical (unpaired) electrons. The molecular weight excluding hydrogens is 330 g/mol. The third-order valence-electron chi connectivity index (χ3n) is 3.66. The van der Waals surface area contributed by atoms with Crippen molar-refractivity contribution in [3.63, 3.8) is 0 Å². The van der Waals surface area contributed by atoms with Crippen LogP contribution in [0.25, 0.3) is 0 Å². The summed E-state index contributed by atoms with van der Waals surface area (Å²) in [6.07, 6.45) is 0. The molecule has 1 N–H and O–H groups in total. The van der Waals surface area contributed by atoms with Crippen molar-refractivity contribution < 1.29 is 19.1 Å². The number of amides is 1. The number of nitrogens with one attached hydrogen (secondary N) is 1. The highest BCUT2D eigenvalue weighted by molar-refractivity contribution is 5.91. The van der Waals surface area contributed by atoms with Gasteiger partial charge in [-0.15, -0.1) is 0 Å². The second kappa shape index (κ2) is 9.61. The van der Waals surface area contributed by atoms with Crippen LogP contribution in [0.1, 0.15) is 42.7 Å². The third kappa shape index (κ3) is 6.24. The van der Waals surface area contributed by atoms with E-state index in [2.05, 4.69) is 5.32 Å². The average molecular weight is 355 g/mol. The minimum absolute atomic E-state index is 0.157. The van der Waals surface area contributed by atoms with Crippen LogP contribution in [0.15, 0.2) is 54.6 Å². The monoisotopic (exact) mass is 355 g/mol. The van der Waals surface area contributed by atoms with E-state index in [1.165, 1.54) is 0 Å². The molecule has 0 saturated carbocycles. The second-order valence-electron chi connectivity index (χ2n) is 6.51. The lowest BCUT2D eigenvalue weighted by molar-refractivity contribution is -0.124. The Morgan fingerprint density at radius 2 is 1.73 bits per heavy atom. The first kappa shape index (κ1) is 19.5. The summed E-state index contributed by atoms with van der Waals surface area (Å²) >= 11 is 0. The topological polar surface area (TPSA) is 64.6 Å². The summed E-state index contributed by atoms with van der Waals surface area (Å²) in [4.78, 5) is 24.1. The molecule has 0 bridgehead atoms. The molecule has 2 rings (SSSR count). The molecule has 26 heavy (non-hydrogen) atoms. The zero-order valence-corrected chi connectivity index (χ0v) is 15.4. The van der Waals surface area contributed by atoms with E-state index in [4.69, 9.17) is 9.47 Å². The Morgan fingerprint density at radius 3 is 2.42 bits per heavy atom. The highest BCUT2D eigenvalue weighted by atomic mass is 16.5. The van der Waals surface area contributed by atoms with Crippen LogP contribution in [0.5, 0.6) is 5.75 Å². The lowest BCUT2D eigenvalue weighted by Crippen LogP contribution is -2.31. The minimum atomic E-state index is -0.553. The van der Waals surface area contributed by atoms with E-state index in [0.29, 0.717) is 23.8 Å². The van der Waals surface area contributed by atoms with Gasteiger partial charge in [0.15, 0.2) is 6.61 Å². The smallest absolute Gasteiger partial charge is 0.338 e. The first-order chi connectivity index (χ1) is 12.5. The fourth-order valence-corrected chi connectivity index (χ4v) is 2.30. The zero-order chi connectivity index (χ0) is 18.9. The molecule has 0 unspecified atom stereocenters. The van der Waals surface area contributed by atoms with Crippen LogP contribution >= 0.6 is 0 Å². The Kier molecular flexibility index (Phi) is 7.21. The standard InChI is InChI=1S/C21H25NO4/c1-15(2)13-25-19-11-7-10-18(12-19)21(24)26-14-20(23)22-16(3)17-8-5-4-6-9-17/h4-12,15-16H,13-14H2,1-3H3,(H,22,23)/t16-/m0/s1. The maximum atomic E-state index is 12.1. The molecule has 5 heteroatoms. The molecule has 0 aliphatic heterocycles. The fourth-order valence-electron chi connectivity index (χ4n) is 2.30. The van der Waals surface area contributed by atoms with Gasteiger partial charge in [-0.1, -0.05) is 50.2 Å². The van der Waals surface area contributed by atoms with E-state index in [-0.39, 0.29) is 18.6 Å². The van der Waals surface area contributed by atoms with Gasteiger partial charge in [0.1, 0.15) is 5.75 Å². The summed E-state index contributed by atoms with van der Waals surface area (Å²) in [6, 6.07) is 16.2. The number of esters is 1. The van der Waals surface area contributed by atoms with Gasteiger partial charge < -0.3 is 14.8 Å². The van der Waals surface area contributed by atoms with Gasteiger partial charge in [0.25, 0.3) is 5.91 Å². The van der Waals surface area contributed by atoms with Crippen LogP contribution in [0, 0.1) is 5.92 Å². The third-order valence-corrected chi connectivity index (χ3v) is 3.66. The number of carbonyl (C=O) groups is 2. The highest BCUT2D eigenvalue weighted by Crippen LogP contribution is 2.15. The highest BCUT2D eigenvalue weighted by Gasteiger charge is 2.13. The van der Waals surface area contributed by atoms with Crippen LogP contribution in [0.3, 0.4) is 0 Å². The number of hydrogen-bond acceptors (Lipinski definition) is 4. The van der Waals surface area contributed by atoms with Crippen LogP contribution < -0.4 is 10.1 Å². The molecular formula is C21H25NO4. The average Bonchev–Trinajstić information content (AvgIpc) is 2.65. The van der Waals surface area contributed by atoms with Crippen molar-refractivity contribution in [3.8, 4) is 5.75 Å². The van der Waals surface area contributed by atoms with Crippen LogP contribution in [0.2, 0.25) is 0 Å². The van der Waals surface area contributed by atoms with Gasteiger partial charge in [-0.3, -0.25) is 4.79 Å². The van der Waals surface area contributed by atoms with E-state index >= 15 is 0 Å². The summed E-state index contributed by atoms with van der Waals surface area (Å²) in [5.41, 5.74) is 1.34. The van der Waals surface area contributed by atoms with E-state index in [1.54, 1.807) is 24.3 Å². The molecule has 0 fully saturated rings. The molecule has 0 spiro atoms. The molecule has 0 aliphatic carbocycles. The van der Waals surface area contributed by atoms with Crippen molar-refractivity contribution in [1.29, 1.82) is 0 Å². The fraction of sp³-hybridized carbons (Fsp3) is 0.333. The van der Waals surface area contributed by atoms with Crippen LogP contribution in [-0.2, 0) is 9.53 Å². The molecule has 2 aromatic carbocycles.